The van der Waals surface area contributed by atoms with Gasteiger partial charge in [0.2, 0.25) is 0 Å². The van der Waals surface area contributed by atoms with Gasteiger partial charge in [-0.2, -0.15) is 5.26 Å². The third-order valence-corrected chi connectivity index (χ3v) is 4.22. The Kier molecular flexibility index (Phi) is 4.26. The van der Waals surface area contributed by atoms with E-state index in [1.807, 2.05) is 19.1 Å². The van der Waals surface area contributed by atoms with E-state index >= 15 is 0 Å². The Hall–Kier alpha value is -1.15. The molecule has 0 bridgehead atoms. The van der Waals surface area contributed by atoms with Gasteiger partial charge >= 0.3 is 0 Å². The highest BCUT2D eigenvalue weighted by Crippen LogP contribution is 2.48. The molecule has 4 heteroatoms. The standard InChI is InChI=1S/C15H21NO2.H2O/c1-14(2,17)12-8-10(9-16)7-11-5-4-6-15(3,18)13(11)12;/h7-8,12-13,17-18H,4-6H2,1-3H3;1H2/t12-,13-,15+;/m1./s1. The minimum atomic E-state index is -0.937. The van der Waals surface area contributed by atoms with Crippen molar-refractivity contribution in [2.75, 3.05) is 0 Å². The number of fused-ring (bicyclic) bond motifs is 1. The summed E-state index contributed by atoms with van der Waals surface area (Å²) in [7, 11) is 0. The molecule has 3 atom stereocenters. The maximum atomic E-state index is 10.6. The van der Waals surface area contributed by atoms with Crippen LogP contribution >= 0.6 is 0 Å². The highest BCUT2D eigenvalue weighted by atomic mass is 16.3. The van der Waals surface area contributed by atoms with Gasteiger partial charge in [-0.15, -0.1) is 0 Å². The predicted octanol–water partition coefficient (Wildman–Crippen LogP) is 1.49. The third-order valence-electron chi connectivity index (χ3n) is 4.22. The first-order valence-corrected chi connectivity index (χ1v) is 6.53. The van der Waals surface area contributed by atoms with Gasteiger partial charge in [-0.05, 0) is 46.1 Å². The van der Waals surface area contributed by atoms with Crippen molar-refractivity contribution in [3.05, 3.63) is 23.3 Å². The molecule has 0 aromatic heterocycles. The predicted molar refractivity (Wildman–Crippen MR) is 73.1 cm³/mol. The quantitative estimate of drug-likeness (QED) is 0.751. The molecule has 0 amide bonds. The van der Waals surface area contributed by atoms with E-state index in [-0.39, 0.29) is 17.3 Å². The van der Waals surface area contributed by atoms with Crippen LogP contribution in [-0.2, 0) is 0 Å². The van der Waals surface area contributed by atoms with E-state index < -0.39 is 11.2 Å². The lowest BCUT2D eigenvalue weighted by atomic mass is 9.61. The molecule has 4 nitrogen and oxygen atoms in total. The summed E-state index contributed by atoms with van der Waals surface area (Å²) in [5, 5.41) is 30.0. The van der Waals surface area contributed by atoms with Crippen molar-refractivity contribution in [2.24, 2.45) is 11.8 Å². The van der Waals surface area contributed by atoms with Crippen molar-refractivity contribution in [1.29, 1.82) is 5.26 Å². The summed E-state index contributed by atoms with van der Waals surface area (Å²) in [6.45, 7) is 5.34. The van der Waals surface area contributed by atoms with E-state index in [0.29, 0.717) is 5.57 Å². The number of nitrogens with zero attached hydrogens (tertiary/aromatic N) is 1. The Balaban J connectivity index is 0.00000180. The minimum absolute atomic E-state index is 0. The van der Waals surface area contributed by atoms with Crippen LogP contribution in [0.4, 0.5) is 0 Å². The number of rotatable bonds is 1. The molecule has 0 saturated heterocycles. The van der Waals surface area contributed by atoms with Crippen LogP contribution in [0.3, 0.4) is 0 Å². The summed E-state index contributed by atoms with van der Waals surface area (Å²) in [6, 6.07) is 2.16. The van der Waals surface area contributed by atoms with E-state index in [4.69, 9.17) is 5.26 Å². The molecule has 19 heavy (non-hydrogen) atoms. The second kappa shape index (κ2) is 5.09. The molecule has 4 N–H and O–H groups in total. The van der Waals surface area contributed by atoms with E-state index in [1.165, 1.54) is 0 Å². The number of aliphatic hydroxyl groups is 2. The number of hydrogen-bond donors (Lipinski definition) is 2. The average molecular weight is 265 g/mol. The van der Waals surface area contributed by atoms with Crippen LogP contribution < -0.4 is 0 Å². The highest BCUT2D eigenvalue weighted by molar-refractivity contribution is 5.43. The first kappa shape index (κ1) is 15.9. The van der Waals surface area contributed by atoms with E-state index in [2.05, 4.69) is 6.07 Å². The second-order valence-electron chi connectivity index (χ2n) is 6.32. The fraction of sp³-hybridized carbons (Fsp3) is 0.667. The molecule has 106 valence electrons. The summed E-state index contributed by atoms with van der Waals surface area (Å²) in [6.07, 6.45) is 6.30. The Labute approximate surface area is 114 Å². The summed E-state index contributed by atoms with van der Waals surface area (Å²) < 4.78 is 0. The van der Waals surface area contributed by atoms with Crippen LogP contribution in [0.15, 0.2) is 23.3 Å². The molecule has 0 heterocycles. The van der Waals surface area contributed by atoms with Crippen molar-refractivity contribution < 1.29 is 15.7 Å². The molecule has 0 aliphatic heterocycles. The summed E-state index contributed by atoms with van der Waals surface area (Å²) >= 11 is 0. The van der Waals surface area contributed by atoms with Crippen LogP contribution in [-0.4, -0.2) is 26.9 Å². The van der Waals surface area contributed by atoms with Gasteiger partial charge in [0.25, 0.3) is 0 Å². The Bertz CT molecular complexity index is 449. The molecule has 2 aliphatic carbocycles. The second-order valence-corrected chi connectivity index (χ2v) is 6.32. The zero-order valence-corrected chi connectivity index (χ0v) is 11.8. The molecule has 0 aromatic carbocycles. The number of nitriles is 1. The maximum absolute atomic E-state index is 10.6. The Morgan fingerprint density at radius 3 is 2.63 bits per heavy atom. The van der Waals surface area contributed by atoms with Crippen LogP contribution in [0.25, 0.3) is 0 Å². The first-order chi connectivity index (χ1) is 8.25. The van der Waals surface area contributed by atoms with Gasteiger partial charge in [0.1, 0.15) is 0 Å². The van der Waals surface area contributed by atoms with Crippen molar-refractivity contribution >= 4 is 0 Å². The topological polar surface area (TPSA) is 95.8 Å². The normalized spacial score (nSPS) is 34.3. The minimum Gasteiger partial charge on any atom is -0.412 e. The lowest BCUT2D eigenvalue weighted by molar-refractivity contribution is -0.0736. The van der Waals surface area contributed by atoms with E-state index in [0.717, 1.165) is 24.8 Å². The van der Waals surface area contributed by atoms with Crippen LogP contribution in [0, 0.1) is 23.2 Å². The summed E-state index contributed by atoms with van der Waals surface area (Å²) in [5.74, 6) is -0.286. The van der Waals surface area contributed by atoms with Gasteiger partial charge in [0.05, 0.1) is 17.3 Å². The van der Waals surface area contributed by atoms with Gasteiger partial charge < -0.3 is 15.7 Å². The third kappa shape index (κ3) is 2.89. The van der Waals surface area contributed by atoms with Gasteiger partial charge in [-0.3, -0.25) is 0 Å². The monoisotopic (exact) mass is 265 g/mol. The molecule has 2 aliphatic rings. The number of hydrogen-bond acceptors (Lipinski definition) is 3. The Morgan fingerprint density at radius 1 is 1.47 bits per heavy atom. The maximum Gasteiger partial charge on any atom is 0.0988 e. The van der Waals surface area contributed by atoms with Gasteiger partial charge in [0.15, 0.2) is 0 Å². The lowest BCUT2D eigenvalue weighted by Gasteiger charge is -2.47. The van der Waals surface area contributed by atoms with Crippen LogP contribution in [0.5, 0.6) is 0 Å². The molecule has 1 fully saturated rings. The molecular weight excluding hydrogens is 242 g/mol. The highest BCUT2D eigenvalue weighted by Gasteiger charge is 2.47. The van der Waals surface area contributed by atoms with Crippen molar-refractivity contribution in [1.82, 2.24) is 0 Å². The van der Waals surface area contributed by atoms with E-state index in [1.54, 1.807) is 13.8 Å². The zero-order valence-electron chi connectivity index (χ0n) is 11.8. The number of allylic oxidation sites excluding steroid dienone is 2. The molecule has 0 spiro atoms. The molecule has 0 aromatic rings. The van der Waals surface area contributed by atoms with E-state index in [9.17, 15) is 10.2 Å². The van der Waals surface area contributed by atoms with Crippen molar-refractivity contribution in [2.45, 2.75) is 51.2 Å². The zero-order chi connectivity index (χ0) is 13.6. The fourth-order valence-electron chi connectivity index (χ4n) is 3.36. The molecule has 2 rings (SSSR count). The smallest absolute Gasteiger partial charge is 0.0988 e. The van der Waals surface area contributed by atoms with Crippen LogP contribution in [0.2, 0.25) is 0 Å². The van der Waals surface area contributed by atoms with Crippen molar-refractivity contribution in [3.8, 4) is 6.07 Å². The van der Waals surface area contributed by atoms with Gasteiger partial charge in [-0.25, -0.2) is 0 Å². The summed E-state index contributed by atoms with van der Waals surface area (Å²) in [5.41, 5.74) is -0.0247. The van der Waals surface area contributed by atoms with Gasteiger partial charge in [-0.1, -0.05) is 11.6 Å². The first-order valence-electron chi connectivity index (χ1n) is 6.53. The molecular formula is C15H23NO3. The van der Waals surface area contributed by atoms with Crippen LogP contribution in [0.1, 0.15) is 40.0 Å². The fourth-order valence-corrected chi connectivity index (χ4v) is 3.36. The largest absolute Gasteiger partial charge is 0.412 e. The Morgan fingerprint density at radius 2 is 2.11 bits per heavy atom. The molecule has 0 unspecified atom stereocenters. The summed E-state index contributed by atoms with van der Waals surface area (Å²) in [4.78, 5) is 0. The van der Waals surface area contributed by atoms with Gasteiger partial charge in [0, 0.05) is 17.4 Å². The molecule has 1 saturated carbocycles. The molecule has 0 radical (unpaired) electrons. The average Bonchev–Trinajstić information content (AvgIpc) is 2.25. The van der Waals surface area contributed by atoms with Crippen molar-refractivity contribution in [3.63, 3.8) is 0 Å². The SMILES string of the molecule is CC(C)(O)[C@@H]1C=C(C#N)C=C2CCC[C@](C)(O)[C@H]21.O. The lowest BCUT2D eigenvalue weighted by Crippen LogP contribution is -2.49.